The third kappa shape index (κ3) is 3.35. The third-order valence-electron chi connectivity index (χ3n) is 2.73. The maximum Gasteiger partial charge on any atom is 0.357 e. The minimum absolute atomic E-state index is 0.163. The molecule has 0 aromatic carbocycles. The molecule has 8 nitrogen and oxygen atoms in total. The Morgan fingerprint density at radius 1 is 1.45 bits per heavy atom. The first-order valence-electron chi connectivity index (χ1n) is 6.22. The van der Waals surface area contributed by atoms with E-state index in [1.807, 2.05) is 6.92 Å². The standard InChI is InChI=1S/C11H19N3O5S/c1-4-14(6-7-19-5-2)20(17,18)10-8(3)12-13-9(10)11(15)16/h4-7H2,1-3H3,(H,12,13)(H,15,16). The summed E-state index contributed by atoms with van der Waals surface area (Å²) in [5.41, 5.74) is -0.283. The van der Waals surface area contributed by atoms with E-state index in [0.717, 1.165) is 0 Å². The van der Waals surface area contributed by atoms with Gasteiger partial charge in [0.25, 0.3) is 0 Å². The van der Waals surface area contributed by atoms with E-state index in [1.54, 1.807) is 6.92 Å². The van der Waals surface area contributed by atoms with Gasteiger partial charge in [-0.15, -0.1) is 0 Å². The molecule has 0 atom stereocenters. The number of carbonyl (C=O) groups is 1. The third-order valence-corrected chi connectivity index (χ3v) is 4.87. The van der Waals surface area contributed by atoms with Crippen LogP contribution in [0.25, 0.3) is 0 Å². The highest BCUT2D eigenvalue weighted by atomic mass is 32.2. The van der Waals surface area contributed by atoms with Crippen LogP contribution in [0.1, 0.15) is 30.0 Å². The van der Waals surface area contributed by atoms with Gasteiger partial charge in [-0.2, -0.15) is 9.40 Å². The molecular weight excluding hydrogens is 286 g/mol. The SMILES string of the molecule is CCOCCN(CC)S(=O)(=O)c1c(C(=O)O)n[nH]c1C. The molecule has 0 bridgehead atoms. The number of aromatic nitrogens is 2. The topological polar surface area (TPSA) is 113 Å². The van der Waals surface area contributed by atoms with Gasteiger partial charge in [0.05, 0.1) is 12.3 Å². The summed E-state index contributed by atoms with van der Waals surface area (Å²) in [5, 5.41) is 15.0. The highest BCUT2D eigenvalue weighted by Gasteiger charge is 2.32. The lowest BCUT2D eigenvalue weighted by Crippen LogP contribution is -2.35. The van der Waals surface area contributed by atoms with Crippen LogP contribution >= 0.6 is 0 Å². The molecule has 1 aromatic rings. The zero-order chi connectivity index (χ0) is 15.3. The second kappa shape index (κ2) is 6.82. The monoisotopic (exact) mass is 305 g/mol. The molecule has 0 amide bonds. The van der Waals surface area contributed by atoms with Crippen molar-refractivity contribution in [3.8, 4) is 0 Å². The number of ether oxygens (including phenoxy) is 1. The lowest BCUT2D eigenvalue weighted by molar-refractivity contribution is 0.0686. The van der Waals surface area contributed by atoms with Gasteiger partial charge in [-0.25, -0.2) is 13.2 Å². The summed E-state index contributed by atoms with van der Waals surface area (Å²) in [6.45, 7) is 6.09. The molecule has 0 aliphatic carbocycles. The van der Waals surface area contributed by atoms with Crippen LogP contribution in [0.15, 0.2) is 4.90 Å². The van der Waals surface area contributed by atoms with E-state index in [1.165, 1.54) is 11.2 Å². The Labute approximate surface area is 117 Å². The van der Waals surface area contributed by atoms with Gasteiger partial charge in [-0.05, 0) is 13.8 Å². The molecular formula is C11H19N3O5S. The molecule has 0 radical (unpaired) electrons. The van der Waals surface area contributed by atoms with Crippen molar-refractivity contribution in [1.82, 2.24) is 14.5 Å². The Morgan fingerprint density at radius 2 is 2.10 bits per heavy atom. The Kier molecular flexibility index (Phi) is 5.66. The summed E-state index contributed by atoms with van der Waals surface area (Å²) < 4.78 is 31.3. The summed E-state index contributed by atoms with van der Waals surface area (Å²) in [7, 11) is -3.92. The van der Waals surface area contributed by atoms with Crippen molar-refractivity contribution in [2.45, 2.75) is 25.7 Å². The second-order valence-corrected chi connectivity index (χ2v) is 5.90. The van der Waals surface area contributed by atoms with Gasteiger partial charge in [-0.3, -0.25) is 5.10 Å². The molecule has 1 aromatic heterocycles. The number of carboxylic acids is 1. The molecule has 0 spiro atoms. The van der Waals surface area contributed by atoms with Crippen molar-refractivity contribution in [3.63, 3.8) is 0 Å². The summed E-state index contributed by atoms with van der Waals surface area (Å²) in [4.78, 5) is 10.8. The fourth-order valence-corrected chi connectivity index (χ4v) is 3.49. The lowest BCUT2D eigenvalue weighted by Gasteiger charge is -2.20. The largest absolute Gasteiger partial charge is 0.476 e. The van der Waals surface area contributed by atoms with Crippen molar-refractivity contribution in [3.05, 3.63) is 11.4 Å². The van der Waals surface area contributed by atoms with Crippen molar-refractivity contribution in [1.29, 1.82) is 0 Å². The first-order chi connectivity index (χ1) is 9.36. The molecule has 0 saturated heterocycles. The number of sulfonamides is 1. The predicted octanol–water partition coefficient (Wildman–Crippen LogP) is 0.463. The van der Waals surface area contributed by atoms with Crippen LogP contribution in [0.5, 0.6) is 0 Å². The fraction of sp³-hybridized carbons (Fsp3) is 0.636. The second-order valence-electron chi connectivity index (χ2n) is 4.03. The minimum atomic E-state index is -3.92. The van der Waals surface area contributed by atoms with Gasteiger partial charge in [0.2, 0.25) is 10.0 Å². The minimum Gasteiger partial charge on any atom is -0.476 e. The van der Waals surface area contributed by atoms with Crippen LogP contribution < -0.4 is 0 Å². The number of rotatable bonds is 8. The predicted molar refractivity (Wildman–Crippen MR) is 71.2 cm³/mol. The Hall–Kier alpha value is -1.45. The van der Waals surface area contributed by atoms with E-state index >= 15 is 0 Å². The van der Waals surface area contributed by atoms with E-state index in [4.69, 9.17) is 9.84 Å². The molecule has 0 aliphatic rings. The van der Waals surface area contributed by atoms with Crippen molar-refractivity contribution in [2.24, 2.45) is 0 Å². The molecule has 2 N–H and O–H groups in total. The molecule has 114 valence electrons. The highest BCUT2D eigenvalue weighted by molar-refractivity contribution is 7.89. The van der Waals surface area contributed by atoms with Gasteiger partial charge in [0.1, 0.15) is 4.90 Å². The molecule has 0 unspecified atom stereocenters. The van der Waals surface area contributed by atoms with Gasteiger partial charge >= 0.3 is 5.97 Å². The maximum atomic E-state index is 12.5. The molecule has 0 saturated carbocycles. The summed E-state index contributed by atoms with van der Waals surface area (Å²) in [6, 6.07) is 0. The molecule has 0 fully saturated rings. The molecule has 9 heteroatoms. The summed E-state index contributed by atoms with van der Waals surface area (Å²) >= 11 is 0. The zero-order valence-corrected chi connectivity index (χ0v) is 12.5. The van der Waals surface area contributed by atoms with E-state index in [2.05, 4.69) is 10.2 Å². The Morgan fingerprint density at radius 3 is 2.60 bits per heavy atom. The number of aryl methyl sites for hydroxylation is 1. The maximum absolute atomic E-state index is 12.5. The number of nitrogens with one attached hydrogen (secondary N) is 1. The fourth-order valence-electron chi connectivity index (χ4n) is 1.77. The van der Waals surface area contributed by atoms with Crippen LogP contribution in [0.3, 0.4) is 0 Å². The van der Waals surface area contributed by atoms with Crippen LogP contribution in [0.4, 0.5) is 0 Å². The smallest absolute Gasteiger partial charge is 0.357 e. The van der Waals surface area contributed by atoms with Crippen LogP contribution in [0, 0.1) is 6.92 Å². The van der Waals surface area contributed by atoms with Crippen molar-refractivity contribution in [2.75, 3.05) is 26.3 Å². The molecule has 20 heavy (non-hydrogen) atoms. The molecule has 1 heterocycles. The number of aromatic carboxylic acids is 1. The number of likely N-dealkylation sites (N-methyl/N-ethyl adjacent to an activating group) is 1. The van der Waals surface area contributed by atoms with Gasteiger partial charge in [-0.1, -0.05) is 6.92 Å². The lowest BCUT2D eigenvalue weighted by atomic mass is 10.4. The Balaban J connectivity index is 3.14. The van der Waals surface area contributed by atoms with E-state index in [-0.39, 0.29) is 30.3 Å². The highest BCUT2D eigenvalue weighted by Crippen LogP contribution is 2.22. The quantitative estimate of drug-likeness (QED) is 0.675. The van der Waals surface area contributed by atoms with E-state index in [9.17, 15) is 13.2 Å². The normalized spacial score (nSPS) is 12.0. The first kappa shape index (κ1) is 16.6. The zero-order valence-electron chi connectivity index (χ0n) is 11.7. The van der Waals surface area contributed by atoms with Crippen molar-refractivity contribution < 1.29 is 23.1 Å². The number of hydrogen-bond acceptors (Lipinski definition) is 5. The molecule has 0 aliphatic heterocycles. The van der Waals surface area contributed by atoms with Gasteiger partial charge < -0.3 is 9.84 Å². The number of aromatic amines is 1. The summed E-state index contributed by atoms with van der Waals surface area (Å²) in [5.74, 6) is -1.38. The average molecular weight is 305 g/mol. The number of carboxylic acid groups (broad SMARTS) is 1. The summed E-state index contributed by atoms with van der Waals surface area (Å²) in [6.07, 6.45) is 0. The molecule has 1 rings (SSSR count). The van der Waals surface area contributed by atoms with Gasteiger partial charge in [0, 0.05) is 19.7 Å². The van der Waals surface area contributed by atoms with Gasteiger partial charge in [0.15, 0.2) is 5.69 Å². The van der Waals surface area contributed by atoms with Crippen LogP contribution in [-0.2, 0) is 14.8 Å². The van der Waals surface area contributed by atoms with Crippen molar-refractivity contribution >= 4 is 16.0 Å². The number of nitrogens with zero attached hydrogens (tertiary/aromatic N) is 2. The number of hydrogen-bond donors (Lipinski definition) is 2. The first-order valence-corrected chi connectivity index (χ1v) is 7.66. The Bertz CT molecular complexity index is 567. The van der Waals surface area contributed by atoms with Crippen LogP contribution in [0.2, 0.25) is 0 Å². The van der Waals surface area contributed by atoms with Crippen LogP contribution in [-0.4, -0.2) is 60.3 Å². The number of H-pyrrole nitrogens is 1. The average Bonchev–Trinajstić information content (AvgIpc) is 2.77. The van der Waals surface area contributed by atoms with E-state index < -0.39 is 21.7 Å². The van der Waals surface area contributed by atoms with E-state index in [0.29, 0.717) is 6.61 Å².